The van der Waals surface area contributed by atoms with E-state index in [4.69, 9.17) is 0 Å². The maximum absolute atomic E-state index is 12.2. The van der Waals surface area contributed by atoms with Crippen molar-refractivity contribution in [2.24, 2.45) is 0 Å². The highest BCUT2D eigenvalue weighted by Gasteiger charge is 2.25. The average Bonchev–Trinajstić information content (AvgIpc) is 2.99. The second kappa shape index (κ2) is 8.29. The molecule has 2 heterocycles. The van der Waals surface area contributed by atoms with Gasteiger partial charge < -0.3 is 15.1 Å². The lowest BCUT2D eigenvalue weighted by molar-refractivity contribution is -0.133. The van der Waals surface area contributed by atoms with Gasteiger partial charge in [-0.2, -0.15) is 0 Å². The number of hydrogen-bond donors (Lipinski definition) is 1. The summed E-state index contributed by atoms with van der Waals surface area (Å²) in [5.74, 6) is 0.0958. The Morgan fingerprint density at radius 2 is 2.00 bits per heavy atom. The first-order valence-electron chi connectivity index (χ1n) is 9.04. The smallest absolute Gasteiger partial charge is 0.239 e. The van der Waals surface area contributed by atoms with Crippen LogP contribution in [0.5, 0.6) is 0 Å². The van der Waals surface area contributed by atoms with Gasteiger partial charge in [-0.3, -0.25) is 9.59 Å². The van der Waals surface area contributed by atoms with Crippen LogP contribution in [0.15, 0.2) is 30.3 Å². The van der Waals surface area contributed by atoms with Crippen molar-refractivity contribution < 1.29 is 9.59 Å². The highest BCUT2D eigenvalue weighted by molar-refractivity contribution is 5.85. The number of carbonyl (C=O) groups excluding carboxylic acids is 2. The highest BCUT2D eigenvalue weighted by atomic mass is 16.2. The molecule has 0 bridgehead atoms. The summed E-state index contributed by atoms with van der Waals surface area (Å²) in [4.78, 5) is 27.9. The number of hydrogen-bond acceptors (Lipinski definition) is 3. The number of benzene rings is 1. The predicted octanol–water partition coefficient (Wildman–Crippen LogP) is 1.43. The van der Waals surface area contributed by atoms with Crippen molar-refractivity contribution in [2.75, 3.05) is 32.7 Å². The van der Waals surface area contributed by atoms with Gasteiger partial charge in [-0.25, -0.2) is 0 Å². The molecule has 0 aromatic heterocycles. The molecule has 2 fully saturated rings. The van der Waals surface area contributed by atoms with E-state index in [0.717, 1.165) is 51.9 Å². The molecule has 2 aliphatic rings. The monoisotopic (exact) mass is 329 g/mol. The number of carbonyl (C=O) groups is 2. The molecular weight excluding hydrogens is 302 g/mol. The van der Waals surface area contributed by atoms with Crippen LogP contribution < -0.4 is 5.32 Å². The summed E-state index contributed by atoms with van der Waals surface area (Å²) in [6.07, 6.45) is 4.65. The van der Waals surface area contributed by atoms with Gasteiger partial charge in [0.05, 0.1) is 6.54 Å². The molecule has 24 heavy (non-hydrogen) atoms. The van der Waals surface area contributed by atoms with E-state index in [-0.39, 0.29) is 24.4 Å². The number of amides is 2. The van der Waals surface area contributed by atoms with Crippen molar-refractivity contribution >= 4 is 11.8 Å². The van der Waals surface area contributed by atoms with Crippen LogP contribution in [0.2, 0.25) is 0 Å². The van der Waals surface area contributed by atoms with E-state index in [2.05, 4.69) is 34.5 Å². The van der Waals surface area contributed by atoms with Crippen LogP contribution in [0, 0.1) is 0 Å². The summed E-state index contributed by atoms with van der Waals surface area (Å²) in [6, 6.07) is 10.7. The summed E-state index contributed by atoms with van der Waals surface area (Å²) in [5.41, 5.74) is 1.36. The molecule has 1 atom stereocenters. The zero-order valence-corrected chi connectivity index (χ0v) is 14.2. The van der Waals surface area contributed by atoms with Crippen LogP contribution in [-0.4, -0.2) is 60.4 Å². The van der Waals surface area contributed by atoms with E-state index in [1.807, 2.05) is 6.07 Å². The minimum Gasteiger partial charge on any atom is -0.351 e. The summed E-state index contributed by atoms with van der Waals surface area (Å²) < 4.78 is 0. The Balaban J connectivity index is 1.41. The molecule has 2 amide bonds. The molecule has 0 unspecified atom stereocenters. The van der Waals surface area contributed by atoms with Gasteiger partial charge in [-0.1, -0.05) is 30.3 Å². The second-order valence-corrected chi connectivity index (χ2v) is 6.86. The molecule has 1 aromatic carbocycles. The first kappa shape index (κ1) is 17.0. The second-order valence-electron chi connectivity index (χ2n) is 6.86. The third-order valence-electron chi connectivity index (χ3n) is 4.94. The van der Waals surface area contributed by atoms with Crippen molar-refractivity contribution in [3.8, 4) is 0 Å². The molecule has 2 aliphatic heterocycles. The van der Waals surface area contributed by atoms with Gasteiger partial charge in [-0.15, -0.1) is 0 Å². The lowest BCUT2D eigenvalue weighted by atomic mass is 10.0. The van der Waals surface area contributed by atoms with Crippen LogP contribution in [0.3, 0.4) is 0 Å². The third-order valence-corrected chi connectivity index (χ3v) is 4.94. The van der Waals surface area contributed by atoms with Crippen LogP contribution in [0.1, 0.15) is 31.2 Å². The van der Waals surface area contributed by atoms with E-state index in [1.54, 1.807) is 4.90 Å². The number of nitrogens with one attached hydrogen (secondary N) is 1. The van der Waals surface area contributed by atoms with Crippen molar-refractivity contribution in [3.63, 3.8) is 0 Å². The first-order chi connectivity index (χ1) is 11.7. The van der Waals surface area contributed by atoms with Gasteiger partial charge >= 0.3 is 0 Å². The first-order valence-corrected chi connectivity index (χ1v) is 9.04. The predicted molar refractivity (Wildman–Crippen MR) is 93.6 cm³/mol. The molecule has 2 saturated heterocycles. The van der Waals surface area contributed by atoms with Gasteiger partial charge in [0.25, 0.3) is 0 Å². The van der Waals surface area contributed by atoms with Crippen LogP contribution in [-0.2, 0) is 16.0 Å². The highest BCUT2D eigenvalue weighted by Crippen LogP contribution is 2.12. The van der Waals surface area contributed by atoms with Gasteiger partial charge in [0, 0.05) is 32.1 Å². The molecular formula is C19H27N3O2. The lowest BCUT2D eigenvalue weighted by Gasteiger charge is -2.33. The summed E-state index contributed by atoms with van der Waals surface area (Å²) >= 11 is 0. The Morgan fingerprint density at radius 1 is 1.17 bits per heavy atom. The van der Waals surface area contributed by atoms with Gasteiger partial charge in [-0.05, 0) is 37.8 Å². The van der Waals surface area contributed by atoms with E-state index in [9.17, 15) is 9.59 Å². The molecule has 0 saturated carbocycles. The standard InChI is InChI=1S/C19H27N3O2/c23-18(15-22-12-5-9-19(22)24)20-17-8-4-11-21(14-17)13-10-16-6-2-1-3-7-16/h1-3,6-7,17H,4-5,8-15H2,(H,20,23)/t17-/m0/s1. The normalized spacial score (nSPS) is 21.9. The molecule has 0 aliphatic carbocycles. The van der Waals surface area contributed by atoms with Crippen molar-refractivity contribution in [1.29, 1.82) is 0 Å². The average molecular weight is 329 g/mol. The Bertz CT molecular complexity index is 561. The minimum atomic E-state index is -0.0137. The number of likely N-dealkylation sites (tertiary alicyclic amines) is 2. The number of nitrogens with zero attached hydrogens (tertiary/aromatic N) is 2. The van der Waals surface area contributed by atoms with E-state index >= 15 is 0 Å². The molecule has 5 heteroatoms. The largest absolute Gasteiger partial charge is 0.351 e. The summed E-state index contributed by atoms with van der Waals surface area (Å²) in [5, 5.41) is 3.12. The lowest BCUT2D eigenvalue weighted by Crippen LogP contribution is -2.50. The molecule has 5 nitrogen and oxygen atoms in total. The van der Waals surface area contributed by atoms with Gasteiger partial charge in [0.15, 0.2) is 0 Å². The quantitative estimate of drug-likeness (QED) is 0.859. The van der Waals surface area contributed by atoms with E-state index in [0.29, 0.717) is 6.42 Å². The number of piperidine rings is 1. The fourth-order valence-corrected chi connectivity index (χ4v) is 3.63. The molecule has 0 spiro atoms. The van der Waals surface area contributed by atoms with Crippen molar-refractivity contribution in [1.82, 2.24) is 15.1 Å². The molecule has 130 valence electrons. The molecule has 1 aromatic rings. The third kappa shape index (κ3) is 4.81. The van der Waals surface area contributed by atoms with E-state index < -0.39 is 0 Å². The molecule has 0 radical (unpaired) electrons. The summed E-state index contributed by atoms with van der Waals surface area (Å²) in [6.45, 7) is 3.98. The van der Waals surface area contributed by atoms with Crippen LogP contribution in [0.4, 0.5) is 0 Å². The van der Waals surface area contributed by atoms with Gasteiger partial charge in [0.1, 0.15) is 0 Å². The zero-order chi connectivity index (χ0) is 16.8. The molecule has 1 N–H and O–H groups in total. The molecule has 3 rings (SSSR count). The Morgan fingerprint density at radius 3 is 2.75 bits per heavy atom. The fraction of sp³-hybridized carbons (Fsp3) is 0.579. The topological polar surface area (TPSA) is 52.7 Å². The Labute approximate surface area is 144 Å². The SMILES string of the molecule is O=C(CN1CCCC1=O)N[C@H]1CCCN(CCc2ccccc2)C1. The number of rotatable bonds is 6. The van der Waals surface area contributed by atoms with Gasteiger partial charge in [0.2, 0.25) is 11.8 Å². The van der Waals surface area contributed by atoms with Crippen molar-refractivity contribution in [2.45, 2.75) is 38.1 Å². The maximum Gasteiger partial charge on any atom is 0.239 e. The van der Waals surface area contributed by atoms with Crippen molar-refractivity contribution in [3.05, 3.63) is 35.9 Å². The fourth-order valence-electron chi connectivity index (χ4n) is 3.63. The summed E-state index contributed by atoms with van der Waals surface area (Å²) in [7, 11) is 0. The maximum atomic E-state index is 12.2. The Hall–Kier alpha value is -1.88. The van der Waals surface area contributed by atoms with Crippen LogP contribution >= 0.6 is 0 Å². The van der Waals surface area contributed by atoms with E-state index in [1.165, 1.54) is 5.56 Å². The Kier molecular flexibility index (Phi) is 5.86. The zero-order valence-electron chi connectivity index (χ0n) is 14.2. The minimum absolute atomic E-state index is 0.0137. The van der Waals surface area contributed by atoms with Crippen LogP contribution in [0.25, 0.3) is 0 Å².